The molecule has 2 aliphatic rings. The minimum atomic E-state index is -4.46. The third-order valence-corrected chi connectivity index (χ3v) is 7.72. The predicted octanol–water partition coefficient (Wildman–Crippen LogP) is 7.45. The largest absolute Gasteiger partial charge is 0.416 e. The molecular formula is C27H28Cl2F3NO. The number of hydrogen-bond acceptors (Lipinski definition) is 2. The average molecular weight is 510 g/mol. The van der Waals surface area contributed by atoms with Crippen molar-refractivity contribution in [2.45, 2.75) is 49.8 Å². The molecular weight excluding hydrogens is 482 g/mol. The highest BCUT2D eigenvalue weighted by atomic mass is 35.5. The van der Waals surface area contributed by atoms with Gasteiger partial charge in [0.25, 0.3) is 0 Å². The van der Waals surface area contributed by atoms with E-state index < -0.39 is 17.2 Å². The minimum absolute atomic E-state index is 0.100. The highest BCUT2D eigenvalue weighted by Gasteiger charge is 2.36. The summed E-state index contributed by atoms with van der Waals surface area (Å²) in [5.41, 5.74) is 0.720. The molecule has 0 spiro atoms. The predicted molar refractivity (Wildman–Crippen MR) is 131 cm³/mol. The third kappa shape index (κ3) is 5.54. The molecule has 1 N–H and O–H groups in total. The average Bonchev–Trinajstić information content (AvgIpc) is 2.82. The lowest BCUT2D eigenvalue weighted by molar-refractivity contribution is -0.137. The monoisotopic (exact) mass is 509 g/mol. The zero-order valence-corrected chi connectivity index (χ0v) is 20.5. The standard InChI is InChI=1S/C27H28Cl2F3NO/c1-25(8-7-23(28)24(29)16-25)21-13-19(14-22(15-21)27(30,31)32)17-34-18-26(9-11-33-12-10-26)20-5-3-2-4-6-20/h2-7,13-16,33H,8-12,17-18H2,1H3. The Kier molecular flexibility index (Phi) is 7.49. The van der Waals surface area contributed by atoms with Crippen LogP contribution in [0.3, 0.4) is 0 Å². The van der Waals surface area contributed by atoms with E-state index >= 15 is 0 Å². The second-order valence-electron chi connectivity index (χ2n) is 9.47. The van der Waals surface area contributed by atoms with Gasteiger partial charge in [-0.05, 0) is 61.2 Å². The van der Waals surface area contributed by atoms with E-state index in [-0.39, 0.29) is 12.0 Å². The van der Waals surface area contributed by atoms with Crippen LogP contribution in [0, 0.1) is 0 Å². The van der Waals surface area contributed by atoms with Crippen molar-refractivity contribution in [3.05, 3.63) is 93.0 Å². The van der Waals surface area contributed by atoms with E-state index in [1.54, 1.807) is 18.2 Å². The van der Waals surface area contributed by atoms with Crippen LogP contribution in [0.25, 0.3) is 0 Å². The molecule has 7 heteroatoms. The van der Waals surface area contributed by atoms with Crippen molar-refractivity contribution in [2.75, 3.05) is 19.7 Å². The number of ether oxygens (including phenoxy) is 1. The maximum absolute atomic E-state index is 13.8. The third-order valence-electron chi connectivity index (χ3n) is 6.95. The summed E-state index contributed by atoms with van der Waals surface area (Å²) >= 11 is 12.3. The van der Waals surface area contributed by atoms with Crippen LogP contribution in [0.2, 0.25) is 0 Å². The molecule has 1 atom stereocenters. The minimum Gasteiger partial charge on any atom is -0.376 e. The number of allylic oxidation sites excluding steroid dienone is 4. The van der Waals surface area contributed by atoms with E-state index in [9.17, 15) is 13.2 Å². The molecule has 0 aromatic heterocycles. The first-order chi connectivity index (χ1) is 16.1. The molecule has 2 aromatic carbocycles. The van der Waals surface area contributed by atoms with Crippen LogP contribution in [-0.4, -0.2) is 19.7 Å². The Morgan fingerprint density at radius 1 is 0.971 bits per heavy atom. The van der Waals surface area contributed by atoms with E-state index in [0.717, 1.165) is 25.9 Å². The quantitative estimate of drug-likeness (QED) is 0.436. The molecule has 1 fully saturated rings. The molecule has 0 radical (unpaired) electrons. The molecule has 0 amide bonds. The topological polar surface area (TPSA) is 21.3 Å². The van der Waals surface area contributed by atoms with Gasteiger partial charge in [0.15, 0.2) is 0 Å². The summed E-state index contributed by atoms with van der Waals surface area (Å²) in [5.74, 6) is 0. The number of rotatable bonds is 6. The van der Waals surface area contributed by atoms with Gasteiger partial charge >= 0.3 is 6.18 Å². The highest BCUT2D eigenvalue weighted by Crippen LogP contribution is 2.42. The lowest BCUT2D eigenvalue weighted by Gasteiger charge is -2.38. The van der Waals surface area contributed by atoms with Crippen LogP contribution < -0.4 is 5.32 Å². The van der Waals surface area contributed by atoms with E-state index in [4.69, 9.17) is 27.9 Å². The van der Waals surface area contributed by atoms with Crippen LogP contribution in [0.15, 0.2) is 70.7 Å². The number of halogens is 5. The Hall–Kier alpha value is -1.79. The Bertz CT molecular complexity index is 1080. The molecule has 1 unspecified atom stereocenters. The number of nitrogens with one attached hydrogen (secondary N) is 1. The van der Waals surface area contributed by atoms with Crippen LogP contribution in [0.4, 0.5) is 13.2 Å². The summed E-state index contributed by atoms with van der Waals surface area (Å²) in [5, 5.41) is 4.15. The van der Waals surface area contributed by atoms with Crippen molar-refractivity contribution in [1.82, 2.24) is 5.32 Å². The Morgan fingerprint density at radius 2 is 1.68 bits per heavy atom. The number of piperidine rings is 1. The molecule has 1 heterocycles. The van der Waals surface area contributed by atoms with Crippen molar-refractivity contribution in [3.8, 4) is 0 Å². The normalized spacial score (nSPS) is 22.8. The first-order valence-electron chi connectivity index (χ1n) is 11.4. The molecule has 2 nitrogen and oxygen atoms in total. The molecule has 1 aliphatic heterocycles. The van der Waals surface area contributed by atoms with Gasteiger partial charge in [-0.2, -0.15) is 13.2 Å². The van der Waals surface area contributed by atoms with Crippen molar-refractivity contribution in [1.29, 1.82) is 0 Å². The van der Waals surface area contributed by atoms with E-state index in [2.05, 4.69) is 17.4 Å². The van der Waals surface area contributed by atoms with E-state index in [0.29, 0.717) is 34.2 Å². The van der Waals surface area contributed by atoms with Gasteiger partial charge in [-0.15, -0.1) is 0 Å². The smallest absolute Gasteiger partial charge is 0.376 e. The lowest BCUT2D eigenvalue weighted by Crippen LogP contribution is -2.43. The first kappa shape index (κ1) is 25.3. The summed E-state index contributed by atoms with van der Waals surface area (Å²) in [4.78, 5) is 0. The maximum Gasteiger partial charge on any atom is 0.416 e. The number of hydrogen-bond donors (Lipinski definition) is 1. The van der Waals surface area contributed by atoms with Crippen LogP contribution >= 0.6 is 23.2 Å². The molecule has 2 aromatic rings. The van der Waals surface area contributed by atoms with Gasteiger partial charge in [-0.1, -0.05) is 78.7 Å². The second-order valence-corrected chi connectivity index (χ2v) is 10.3. The van der Waals surface area contributed by atoms with Crippen LogP contribution in [0.1, 0.15) is 48.4 Å². The maximum atomic E-state index is 13.8. The number of alkyl halides is 3. The molecule has 1 saturated heterocycles. The van der Waals surface area contributed by atoms with Crippen molar-refractivity contribution >= 4 is 23.2 Å². The van der Waals surface area contributed by atoms with Gasteiger partial charge in [0.05, 0.1) is 28.8 Å². The van der Waals surface area contributed by atoms with Crippen molar-refractivity contribution in [2.24, 2.45) is 0 Å². The van der Waals surface area contributed by atoms with Gasteiger partial charge in [0, 0.05) is 10.8 Å². The zero-order valence-electron chi connectivity index (χ0n) is 19.0. The molecule has 1 aliphatic carbocycles. The summed E-state index contributed by atoms with van der Waals surface area (Å²) < 4.78 is 47.4. The Morgan fingerprint density at radius 3 is 2.32 bits per heavy atom. The lowest BCUT2D eigenvalue weighted by atomic mass is 9.74. The van der Waals surface area contributed by atoms with Crippen molar-refractivity contribution in [3.63, 3.8) is 0 Å². The Balaban J connectivity index is 1.59. The van der Waals surface area contributed by atoms with E-state index in [1.807, 2.05) is 25.1 Å². The molecule has 0 bridgehead atoms. The van der Waals surface area contributed by atoms with E-state index in [1.165, 1.54) is 17.7 Å². The van der Waals surface area contributed by atoms with Gasteiger partial charge < -0.3 is 10.1 Å². The summed E-state index contributed by atoms with van der Waals surface area (Å²) in [6.07, 6.45) is 1.32. The fraction of sp³-hybridized carbons (Fsp3) is 0.407. The summed E-state index contributed by atoms with van der Waals surface area (Å²) in [6.45, 7) is 4.18. The SMILES string of the molecule is CC1(c2cc(COCC3(c4ccccc4)CCNCC3)cc(C(F)(F)F)c2)C=C(Cl)C(Cl)=CC1. The fourth-order valence-electron chi connectivity index (χ4n) is 4.85. The van der Waals surface area contributed by atoms with Gasteiger partial charge in [-0.3, -0.25) is 0 Å². The van der Waals surface area contributed by atoms with Gasteiger partial charge in [0.1, 0.15) is 0 Å². The van der Waals surface area contributed by atoms with Gasteiger partial charge in [-0.25, -0.2) is 0 Å². The zero-order chi connectivity index (χ0) is 24.4. The van der Waals surface area contributed by atoms with Crippen molar-refractivity contribution < 1.29 is 17.9 Å². The molecule has 34 heavy (non-hydrogen) atoms. The first-order valence-corrected chi connectivity index (χ1v) is 12.2. The highest BCUT2D eigenvalue weighted by molar-refractivity contribution is 6.44. The van der Waals surface area contributed by atoms with Crippen LogP contribution in [-0.2, 0) is 28.4 Å². The van der Waals surface area contributed by atoms with Crippen LogP contribution in [0.5, 0.6) is 0 Å². The molecule has 4 rings (SSSR count). The molecule has 182 valence electrons. The van der Waals surface area contributed by atoms with Gasteiger partial charge in [0.2, 0.25) is 0 Å². The summed E-state index contributed by atoms with van der Waals surface area (Å²) in [7, 11) is 0. The fourth-order valence-corrected chi connectivity index (χ4v) is 5.30. The number of benzene rings is 2. The Labute approximate surface area is 208 Å². The summed E-state index contributed by atoms with van der Waals surface area (Å²) in [6, 6.07) is 14.4. The molecule has 0 saturated carbocycles. The second kappa shape index (κ2) is 10.1.